The third-order valence-electron chi connectivity index (χ3n) is 2.32. The molecule has 0 amide bonds. The molecule has 1 aromatic heterocycles. The third-order valence-corrected chi connectivity index (χ3v) is 2.32. The van der Waals surface area contributed by atoms with E-state index in [4.69, 9.17) is 5.73 Å². The smallest absolute Gasteiger partial charge is 0.126 e. The number of aryl methyl sites for hydroxylation is 1. The number of nitrogens with zero attached hydrogens (tertiary/aromatic N) is 1. The second-order valence-electron chi connectivity index (χ2n) is 4.28. The van der Waals surface area contributed by atoms with Gasteiger partial charge < -0.3 is 10.7 Å². The summed E-state index contributed by atoms with van der Waals surface area (Å²) in [5.74, 6) is 0.835. The van der Waals surface area contributed by atoms with E-state index < -0.39 is 5.54 Å². The van der Waals surface area contributed by atoms with E-state index in [0.717, 1.165) is 16.9 Å². The molecule has 0 saturated heterocycles. The maximum absolute atomic E-state index is 5.98. The molecule has 1 heterocycles. The predicted octanol–water partition coefficient (Wildman–Crippen LogP) is 2.07. The van der Waals surface area contributed by atoms with Gasteiger partial charge in [-0.25, -0.2) is 4.98 Å². The summed E-state index contributed by atoms with van der Waals surface area (Å²) >= 11 is 0. The second kappa shape index (κ2) is 2.82. The number of rotatable bonds is 1. The Hall–Kier alpha value is -1.35. The Morgan fingerprint density at radius 1 is 1.36 bits per heavy atom. The Bertz CT molecular complexity index is 463. The summed E-state index contributed by atoms with van der Waals surface area (Å²) in [4.78, 5) is 7.74. The topological polar surface area (TPSA) is 54.7 Å². The van der Waals surface area contributed by atoms with Crippen LogP contribution in [0.2, 0.25) is 0 Å². The summed E-state index contributed by atoms with van der Waals surface area (Å²) in [6, 6.07) is 6.09. The van der Waals surface area contributed by atoms with Crippen LogP contribution in [0.15, 0.2) is 18.2 Å². The van der Waals surface area contributed by atoms with Crippen molar-refractivity contribution in [2.24, 2.45) is 5.73 Å². The largest absolute Gasteiger partial charge is 0.340 e. The number of aromatic nitrogens is 2. The summed E-state index contributed by atoms with van der Waals surface area (Å²) in [5.41, 5.74) is 8.81. The Balaban J connectivity index is 2.69. The first kappa shape index (κ1) is 9.21. The van der Waals surface area contributed by atoms with E-state index in [9.17, 15) is 0 Å². The highest BCUT2D eigenvalue weighted by atomic mass is 15.0. The van der Waals surface area contributed by atoms with Crippen LogP contribution in [-0.4, -0.2) is 9.97 Å². The van der Waals surface area contributed by atoms with Crippen molar-refractivity contribution in [3.8, 4) is 0 Å². The molecule has 0 aliphatic rings. The monoisotopic (exact) mass is 189 g/mol. The highest BCUT2D eigenvalue weighted by Gasteiger charge is 2.18. The van der Waals surface area contributed by atoms with Gasteiger partial charge in [-0.1, -0.05) is 12.1 Å². The van der Waals surface area contributed by atoms with Crippen LogP contribution in [-0.2, 0) is 5.54 Å². The van der Waals surface area contributed by atoms with Gasteiger partial charge in [-0.3, -0.25) is 0 Å². The first-order valence-corrected chi connectivity index (χ1v) is 4.73. The lowest BCUT2D eigenvalue weighted by Crippen LogP contribution is -2.30. The minimum absolute atomic E-state index is 0.411. The molecule has 0 spiro atoms. The molecule has 3 nitrogen and oxygen atoms in total. The SMILES string of the molecule is Cc1cccc2[nH]c(C(C)(C)N)nc12. The summed E-state index contributed by atoms with van der Waals surface area (Å²) in [6.07, 6.45) is 0. The zero-order valence-corrected chi connectivity index (χ0v) is 8.76. The van der Waals surface area contributed by atoms with Gasteiger partial charge in [0, 0.05) is 0 Å². The van der Waals surface area contributed by atoms with E-state index in [1.165, 1.54) is 5.56 Å². The Morgan fingerprint density at radius 3 is 2.64 bits per heavy atom. The normalized spacial score (nSPS) is 12.3. The van der Waals surface area contributed by atoms with E-state index in [-0.39, 0.29) is 0 Å². The Kier molecular flexibility index (Phi) is 1.86. The minimum Gasteiger partial charge on any atom is -0.340 e. The summed E-state index contributed by atoms with van der Waals surface area (Å²) < 4.78 is 0. The van der Waals surface area contributed by atoms with Gasteiger partial charge in [-0.15, -0.1) is 0 Å². The van der Waals surface area contributed by atoms with Gasteiger partial charge in [-0.05, 0) is 32.4 Å². The summed E-state index contributed by atoms with van der Waals surface area (Å²) in [5, 5.41) is 0. The van der Waals surface area contributed by atoms with Crippen molar-refractivity contribution < 1.29 is 0 Å². The Labute approximate surface area is 83.3 Å². The number of H-pyrrole nitrogens is 1. The number of nitrogens with one attached hydrogen (secondary N) is 1. The van der Waals surface area contributed by atoms with Crippen molar-refractivity contribution in [2.75, 3.05) is 0 Å². The van der Waals surface area contributed by atoms with Gasteiger partial charge in [0.2, 0.25) is 0 Å². The lowest BCUT2D eigenvalue weighted by molar-refractivity contribution is 0.522. The van der Waals surface area contributed by atoms with Gasteiger partial charge in [0.1, 0.15) is 5.82 Å². The van der Waals surface area contributed by atoms with Crippen molar-refractivity contribution in [3.05, 3.63) is 29.6 Å². The van der Waals surface area contributed by atoms with Crippen molar-refractivity contribution in [3.63, 3.8) is 0 Å². The van der Waals surface area contributed by atoms with Crippen LogP contribution in [0.4, 0.5) is 0 Å². The maximum Gasteiger partial charge on any atom is 0.126 e. The number of hydrogen-bond donors (Lipinski definition) is 2. The number of para-hydroxylation sites is 1. The zero-order chi connectivity index (χ0) is 10.3. The molecule has 3 heteroatoms. The molecule has 3 N–H and O–H groups in total. The quantitative estimate of drug-likeness (QED) is 0.721. The number of benzene rings is 1. The van der Waals surface area contributed by atoms with E-state index in [2.05, 4.69) is 23.0 Å². The van der Waals surface area contributed by atoms with Gasteiger partial charge in [-0.2, -0.15) is 0 Å². The predicted molar refractivity (Wildman–Crippen MR) is 58.0 cm³/mol. The lowest BCUT2D eigenvalue weighted by atomic mass is 10.1. The molecule has 0 aliphatic carbocycles. The van der Waals surface area contributed by atoms with Crippen LogP contribution in [0.3, 0.4) is 0 Å². The van der Waals surface area contributed by atoms with Gasteiger partial charge >= 0.3 is 0 Å². The molecular formula is C11H15N3. The molecule has 14 heavy (non-hydrogen) atoms. The molecule has 0 atom stereocenters. The van der Waals surface area contributed by atoms with Crippen LogP contribution in [0.5, 0.6) is 0 Å². The highest BCUT2D eigenvalue weighted by Crippen LogP contribution is 2.20. The molecular weight excluding hydrogens is 174 g/mol. The van der Waals surface area contributed by atoms with Crippen LogP contribution in [0, 0.1) is 6.92 Å². The molecule has 2 rings (SSSR count). The Morgan fingerprint density at radius 2 is 2.07 bits per heavy atom. The minimum atomic E-state index is -0.411. The van der Waals surface area contributed by atoms with Crippen molar-refractivity contribution >= 4 is 11.0 Å². The summed E-state index contributed by atoms with van der Waals surface area (Å²) in [7, 11) is 0. The third kappa shape index (κ3) is 1.40. The van der Waals surface area contributed by atoms with Crippen molar-refractivity contribution in [2.45, 2.75) is 26.3 Å². The van der Waals surface area contributed by atoms with Crippen LogP contribution < -0.4 is 5.73 Å². The van der Waals surface area contributed by atoms with E-state index in [1.807, 2.05) is 26.0 Å². The fourth-order valence-corrected chi connectivity index (χ4v) is 1.48. The maximum atomic E-state index is 5.98. The molecule has 74 valence electrons. The molecule has 0 bridgehead atoms. The molecule has 1 aromatic carbocycles. The van der Waals surface area contributed by atoms with Gasteiger partial charge in [0.05, 0.1) is 16.6 Å². The number of hydrogen-bond acceptors (Lipinski definition) is 2. The van der Waals surface area contributed by atoms with Crippen LogP contribution >= 0.6 is 0 Å². The molecule has 2 aromatic rings. The van der Waals surface area contributed by atoms with Crippen molar-refractivity contribution in [1.82, 2.24) is 9.97 Å². The second-order valence-corrected chi connectivity index (χ2v) is 4.28. The molecule has 0 aliphatic heterocycles. The molecule has 0 saturated carbocycles. The first-order chi connectivity index (χ1) is 6.48. The molecule has 0 unspecified atom stereocenters. The van der Waals surface area contributed by atoms with E-state index >= 15 is 0 Å². The van der Waals surface area contributed by atoms with Gasteiger partial charge in [0.15, 0.2) is 0 Å². The molecule has 0 fully saturated rings. The van der Waals surface area contributed by atoms with E-state index in [1.54, 1.807) is 0 Å². The van der Waals surface area contributed by atoms with Crippen LogP contribution in [0.25, 0.3) is 11.0 Å². The standard InChI is InChI=1S/C11H15N3/c1-7-5-4-6-8-9(7)14-10(13-8)11(2,3)12/h4-6H,12H2,1-3H3,(H,13,14). The highest BCUT2D eigenvalue weighted by molar-refractivity contribution is 5.78. The van der Waals surface area contributed by atoms with E-state index in [0.29, 0.717) is 0 Å². The number of imidazole rings is 1. The first-order valence-electron chi connectivity index (χ1n) is 4.73. The average Bonchev–Trinajstić information content (AvgIpc) is 2.48. The van der Waals surface area contributed by atoms with Crippen molar-refractivity contribution in [1.29, 1.82) is 0 Å². The number of fused-ring (bicyclic) bond motifs is 1. The fraction of sp³-hybridized carbons (Fsp3) is 0.364. The van der Waals surface area contributed by atoms with Crippen LogP contribution in [0.1, 0.15) is 25.2 Å². The lowest BCUT2D eigenvalue weighted by Gasteiger charge is -2.14. The van der Waals surface area contributed by atoms with Gasteiger partial charge in [0.25, 0.3) is 0 Å². The molecule has 0 radical (unpaired) electrons. The fourth-order valence-electron chi connectivity index (χ4n) is 1.48. The number of nitrogens with two attached hydrogens (primary N) is 1. The average molecular weight is 189 g/mol. The zero-order valence-electron chi connectivity index (χ0n) is 8.76. The number of aromatic amines is 1. The summed E-state index contributed by atoms with van der Waals surface area (Å²) in [6.45, 7) is 5.94.